The lowest BCUT2D eigenvalue weighted by molar-refractivity contribution is 0.0942. The molecule has 0 N–H and O–H groups in total. The van der Waals surface area contributed by atoms with E-state index < -0.39 is 0 Å². The van der Waals surface area contributed by atoms with Crippen molar-refractivity contribution in [3.63, 3.8) is 0 Å². The average Bonchev–Trinajstić information content (AvgIpc) is 3.43. The number of benzene rings is 1. The number of hydrogen-bond donors (Lipinski definition) is 0. The molecule has 3 aromatic rings. The van der Waals surface area contributed by atoms with Crippen molar-refractivity contribution >= 4 is 28.6 Å². The largest absolute Gasteiger partial charge is 0.378 e. The van der Waals surface area contributed by atoms with E-state index in [1.54, 1.807) is 11.8 Å². The van der Waals surface area contributed by atoms with Crippen molar-refractivity contribution in [2.75, 3.05) is 37.8 Å². The second kappa shape index (κ2) is 8.69. The number of morpholine rings is 1. The van der Waals surface area contributed by atoms with Crippen LogP contribution in [0.3, 0.4) is 0 Å². The highest BCUT2D eigenvalue weighted by molar-refractivity contribution is 7.98. The normalized spacial score (nSPS) is 19.9. The van der Waals surface area contributed by atoms with Crippen LogP contribution in [0.1, 0.15) is 18.5 Å². The van der Waals surface area contributed by atoms with E-state index in [-0.39, 0.29) is 6.10 Å². The Balaban J connectivity index is 1.36. The standard InChI is InChI=1S/C21H25N5O2S/c1-2-6-19-16(4-1)7-8-17(22-19)15-29-21-24-23-20(25-9-12-27-13-10-25)26(21)14-18-5-3-11-28-18/h1-2,4,6-8,18H,3,5,9-15H2. The Hall–Kier alpha value is -2.16. The van der Waals surface area contributed by atoms with E-state index in [1.807, 2.05) is 12.1 Å². The van der Waals surface area contributed by atoms with Crippen molar-refractivity contribution in [2.24, 2.45) is 0 Å². The summed E-state index contributed by atoms with van der Waals surface area (Å²) in [6.45, 7) is 4.81. The number of aromatic nitrogens is 4. The van der Waals surface area contributed by atoms with Gasteiger partial charge in [-0.2, -0.15) is 0 Å². The highest BCUT2D eigenvalue weighted by Crippen LogP contribution is 2.28. The van der Waals surface area contributed by atoms with Gasteiger partial charge < -0.3 is 14.4 Å². The third kappa shape index (κ3) is 4.24. The lowest BCUT2D eigenvalue weighted by atomic mass is 10.2. The van der Waals surface area contributed by atoms with Crippen LogP contribution >= 0.6 is 11.8 Å². The van der Waals surface area contributed by atoms with Crippen molar-refractivity contribution in [2.45, 2.75) is 36.4 Å². The van der Waals surface area contributed by atoms with Gasteiger partial charge in [0.15, 0.2) is 5.16 Å². The van der Waals surface area contributed by atoms with Crippen LogP contribution in [0.15, 0.2) is 41.6 Å². The maximum absolute atomic E-state index is 5.89. The smallest absolute Gasteiger partial charge is 0.228 e. The molecule has 7 nitrogen and oxygen atoms in total. The van der Waals surface area contributed by atoms with Gasteiger partial charge in [-0.3, -0.25) is 9.55 Å². The van der Waals surface area contributed by atoms with Crippen LogP contribution in [-0.4, -0.2) is 58.8 Å². The van der Waals surface area contributed by atoms with Gasteiger partial charge in [-0.05, 0) is 25.0 Å². The zero-order valence-corrected chi connectivity index (χ0v) is 17.2. The second-order valence-corrected chi connectivity index (χ2v) is 8.35. The molecule has 2 aromatic heterocycles. The highest BCUT2D eigenvalue weighted by Gasteiger charge is 2.24. The molecule has 5 rings (SSSR count). The van der Waals surface area contributed by atoms with E-state index in [2.05, 4.69) is 43.9 Å². The quantitative estimate of drug-likeness (QED) is 0.577. The number of thioether (sulfide) groups is 1. The van der Waals surface area contributed by atoms with Crippen molar-refractivity contribution in [1.82, 2.24) is 19.7 Å². The Morgan fingerprint density at radius 3 is 2.79 bits per heavy atom. The number of anilines is 1. The molecular formula is C21H25N5O2S. The first-order chi connectivity index (χ1) is 14.4. The minimum atomic E-state index is 0.240. The summed E-state index contributed by atoms with van der Waals surface area (Å²) in [5, 5.41) is 11.1. The Labute approximate surface area is 174 Å². The van der Waals surface area contributed by atoms with Crippen molar-refractivity contribution in [3.05, 3.63) is 42.1 Å². The zero-order chi connectivity index (χ0) is 19.5. The van der Waals surface area contributed by atoms with Crippen LogP contribution in [-0.2, 0) is 21.8 Å². The molecule has 4 heterocycles. The maximum atomic E-state index is 5.89. The van der Waals surface area contributed by atoms with Gasteiger partial charge in [0.2, 0.25) is 5.95 Å². The number of para-hydroxylation sites is 1. The number of nitrogens with zero attached hydrogens (tertiary/aromatic N) is 5. The van der Waals surface area contributed by atoms with E-state index >= 15 is 0 Å². The first-order valence-electron chi connectivity index (χ1n) is 10.2. The summed E-state index contributed by atoms with van der Waals surface area (Å²) in [4.78, 5) is 7.06. The SMILES string of the molecule is c1ccc2nc(CSc3nnc(N4CCOCC4)n3CC3CCCO3)ccc2c1. The number of pyridine rings is 1. The van der Waals surface area contributed by atoms with Crippen LogP contribution in [0.2, 0.25) is 0 Å². The van der Waals surface area contributed by atoms with Crippen LogP contribution in [0.5, 0.6) is 0 Å². The first-order valence-corrected chi connectivity index (χ1v) is 11.2. The third-order valence-electron chi connectivity index (χ3n) is 5.41. The molecule has 0 spiro atoms. The molecule has 152 valence electrons. The molecule has 2 aliphatic heterocycles. The summed E-state index contributed by atoms with van der Waals surface area (Å²) < 4.78 is 13.6. The average molecular weight is 412 g/mol. The molecule has 2 aliphatic rings. The maximum Gasteiger partial charge on any atom is 0.228 e. The molecule has 8 heteroatoms. The molecule has 0 bridgehead atoms. The lowest BCUT2D eigenvalue weighted by Crippen LogP contribution is -2.38. The topological polar surface area (TPSA) is 65.3 Å². The molecule has 0 radical (unpaired) electrons. The minimum absolute atomic E-state index is 0.240. The Morgan fingerprint density at radius 2 is 1.93 bits per heavy atom. The number of rotatable bonds is 6. The second-order valence-electron chi connectivity index (χ2n) is 7.41. The van der Waals surface area contributed by atoms with E-state index in [0.717, 1.165) is 85.8 Å². The van der Waals surface area contributed by atoms with Gasteiger partial charge >= 0.3 is 0 Å². The molecular weight excluding hydrogens is 386 g/mol. The molecule has 2 fully saturated rings. The number of hydrogen-bond acceptors (Lipinski definition) is 7. The third-order valence-corrected chi connectivity index (χ3v) is 6.41. The highest BCUT2D eigenvalue weighted by atomic mass is 32.2. The van der Waals surface area contributed by atoms with Crippen LogP contribution < -0.4 is 4.90 Å². The van der Waals surface area contributed by atoms with Gasteiger partial charge in [0, 0.05) is 30.8 Å². The predicted molar refractivity (Wildman–Crippen MR) is 113 cm³/mol. The molecule has 2 saturated heterocycles. The summed E-state index contributed by atoms with van der Waals surface area (Å²) >= 11 is 1.69. The Bertz CT molecular complexity index is 967. The van der Waals surface area contributed by atoms with E-state index in [4.69, 9.17) is 14.5 Å². The van der Waals surface area contributed by atoms with Crippen molar-refractivity contribution in [1.29, 1.82) is 0 Å². The molecule has 0 amide bonds. The lowest BCUT2D eigenvalue weighted by Gasteiger charge is -2.28. The summed E-state index contributed by atoms with van der Waals surface area (Å²) in [6, 6.07) is 12.4. The number of fused-ring (bicyclic) bond motifs is 1. The summed E-state index contributed by atoms with van der Waals surface area (Å²) in [5.41, 5.74) is 2.08. The van der Waals surface area contributed by atoms with Crippen LogP contribution in [0.25, 0.3) is 10.9 Å². The summed E-state index contributed by atoms with van der Waals surface area (Å²) in [7, 11) is 0. The Morgan fingerprint density at radius 1 is 1.03 bits per heavy atom. The number of ether oxygens (including phenoxy) is 2. The van der Waals surface area contributed by atoms with Crippen LogP contribution in [0, 0.1) is 0 Å². The van der Waals surface area contributed by atoms with E-state index in [1.165, 1.54) is 0 Å². The molecule has 1 unspecified atom stereocenters. The van der Waals surface area contributed by atoms with Gasteiger partial charge in [-0.1, -0.05) is 36.0 Å². The summed E-state index contributed by atoms with van der Waals surface area (Å²) in [5.74, 6) is 1.69. The van der Waals surface area contributed by atoms with Gasteiger partial charge in [0.1, 0.15) is 0 Å². The molecule has 1 atom stereocenters. The van der Waals surface area contributed by atoms with Gasteiger partial charge in [-0.15, -0.1) is 10.2 Å². The first kappa shape index (κ1) is 18.8. The zero-order valence-electron chi connectivity index (χ0n) is 16.4. The molecule has 1 aromatic carbocycles. The predicted octanol–water partition coefficient (Wildman–Crippen LogP) is 3.13. The fourth-order valence-electron chi connectivity index (χ4n) is 3.86. The minimum Gasteiger partial charge on any atom is -0.378 e. The van der Waals surface area contributed by atoms with Crippen molar-refractivity contribution in [3.8, 4) is 0 Å². The van der Waals surface area contributed by atoms with Gasteiger partial charge in [-0.25, -0.2) is 0 Å². The van der Waals surface area contributed by atoms with E-state index in [0.29, 0.717) is 0 Å². The fraction of sp³-hybridized carbons (Fsp3) is 0.476. The summed E-state index contributed by atoms with van der Waals surface area (Å²) in [6.07, 6.45) is 2.46. The molecule has 29 heavy (non-hydrogen) atoms. The molecule has 0 aliphatic carbocycles. The van der Waals surface area contributed by atoms with Gasteiger partial charge in [0.05, 0.1) is 37.1 Å². The fourth-order valence-corrected chi connectivity index (χ4v) is 4.71. The monoisotopic (exact) mass is 411 g/mol. The molecule has 0 saturated carbocycles. The van der Waals surface area contributed by atoms with Crippen molar-refractivity contribution < 1.29 is 9.47 Å². The van der Waals surface area contributed by atoms with Gasteiger partial charge in [0.25, 0.3) is 0 Å². The van der Waals surface area contributed by atoms with E-state index in [9.17, 15) is 0 Å². The Kier molecular flexibility index (Phi) is 5.64. The van der Waals surface area contributed by atoms with Crippen LogP contribution in [0.4, 0.5) is 5.95 Å².